The average molecular weight is 654 g/mol. The number of carbonyl (C=O) groups is 2. The van der Waals surface area contributed by atoms with Crippen molar-refractivity contribution in [1.29, 1.82) is 0 Å². The maximum atomic E-state index is 15.0. The molecule has 2 aromatic rings. The third-order valence-corrected chi connectivity index (χ3v) is 11.9. The Bertz CT molecular complexity index is 1550. The Morgan fingerprint density at radius 2 is 1.45 bits per heavy atom. The molecule has 2 aliphatic carbocycles. The normalized spacial score (nSPS) is 27.9. The van der Waals surface area contributed by atoms with Gasteiger partial charge in [0.15, 0.2) is 9.84 Å². The summed E-state index contributed by atoms with van der Waals surface area (Å²) in [5, 5.41) is 9.19. The van der Waals surface area contributed by atoms with Gasteiger partial charge in [-0.25, -0.2) is 22.0 Å². The molecule has 1 amide bonds. The van der Waals surface area contributed by atoms with E-state index < -0.39 is 80.5 Å². The van der Waals surface area contributed by atoms with Crippen LogP contribution in [0.1, 0.15) is 55.2 Å². The van der Waals surface area contributed by atoms with Crippen LogP contribution in [0.2, 0.25) is 0 Å². The number of amides is 1. The number of sulfone groups is 1. The molecular formula is C29H27F8NO5S. The Kier molecular flexibility index (Phi) is 7.61. The Morgan fingerprint density at radius 3 is 2.00 bits per heavy atom. The fourth-order valence-corrected chi connectivity index (χ4v) is 9.46. The van der Waals surface area contributed by atoms with Gasteiger partial charge in [0.1, 0.15) is 4.75 Å². The van der Waals surface area contributed by atoms with Crippen LogP contribution in [-0.4, -0.2) is 60.9 Å². The third-order valence-electron chi connectivity index (χ3n) is 9.39. The molecule has 1 saturated carbocycles. The van der Waals surface area contributed by atoms with Gasteiger partial charge in [0.25, 0.3) is 0 Å². The highest BCUT2D eigenvalue weighted by Crippen LogP contribution is 2.57. The van der Waals surface area contributed by atoms with Crippen molar-refractivity contribution in [3.63, 3.8) is 0 Å². The van der Waals surface area contributed by atoms with Crippen LogP contribution >= 0.6 is 0 Å². The molecule has 240 valence electrons. The van der Waals surface area contributed by atoms with Gasteiger partial charge in [0, 0.05) is 18.0 Å². The monoisotopic (exact) mass is 653 g/mol. The van der Waals surface area contributed by atoms with E-state index in [1.54, 1.807) is 6.07 Å². The molecule has 1 heterocycles. The Labute approximate surface area is 247 Å². The first kappa shape index (κ1) is 32.2. The van der Waals surface area contributed by atoms with Gasteiger partial charge in [0.2, 0.25) is 11.6 Å². The molecule has 15 heteroatoms. The molecule has 1 N–H and O–H groups in total. The van der Waals surface area contributed by atoms with Gasteiger partial charge >= 0.3 is 24.0 Å². The number of hydrogen-bond donors (Lipinski definition) is 1. The number of aliphatic carboxylic acids is 1. The van der Waals surface area contributed by atoms with Gasteiger partial charge in [-0.3, -0.25) is 4.79 Å². The number of carboxylic acids is 1. The molecular weight excluding hydrogens is 626 g/mol. The number of fused-ring (bicyclic) bond motifs is 3. The van der Waals surface area contributed by atoms with Gasteiger partial charge in [-0.05, 0) is 68.2 Å². The summed E-state index contributed by atoms with van der Waals surface area (Å²) in [7, 11) is -4.48. The van der Waals surface area contributed by atoms with Gasteiger partial charge < -0.3 is 10.0 Å². The second kappa shape index (κ2) is 10.4. The highest BCUT2D eigenvalue weighted by molar-refractivity contribution is 7.92. The number of benzene rings is 2. The summed E-state index contributed by atoms with van der Waals surface area (Å²) in [6, 6.07) is 7.35. The highest BCUT2D eigenvalue weighted by atomic mass is 32.2. The maximum Gasteiger partial charge on any atom is 0.435 e. The van der Waals surface area contributed by atoms with Crippen LogP contribution in [0.4, 0.5) is 35.1 Å². The van der Waals surface area contributed by atoms with Crippen molar-refractivity contribution in [2.24, 2.45) is 5.92 Å². The molecule has 1 aliphatic heterocycles. The Hall–Kier alpha value is -3.23. The van der Waals surface area contributed by atoms with Crippen LogP contribution in [0.25, 0.3) is 0 Å². The largest absolute Gasteiger partial charge is 0.479 e. The van der Waals surface area contributed by atoms with Crippen molar-refractivity contribution < 1.29 is 58.2 Å². The minimum Gasteiger partial charge on any atom is -0.479 e. The average Bonchev–Trinajstić information content (AvgIpc) is 3.37. The molecule has 3 aliphatic rings. The number of aryl methyl sites for hydroxylation is 1. The van der Waals surface area contributed by atoms with E-state index in [9.17, 15) is 58.2 Å². The molecule has 5 rings (SSSR count). The second-order valence-corrected chi connectivity index (χ2v) is 13.8. The van der Waals surface area contributed by atoms with Crippen LogP contribution in [0, 0.1) is 5.92 Å². The number of carbonyl (C=O) groups excluding carboxylic acids is 1. The molecule has 0 radical (unpaired) electrons. The molecule has 0 aromatic heterocycles. The fourth-order valence-electron chi connectivity index (χ4n) is 7.07. The lowest BCUT2D eigenvalue weighted by atomic mass is 9.76. The van der Waals surface area contributed by atoms with E-state index in [0.717, 1.165) is 6.07 Å². The van der Waals surface area contributed by atoms with E-state index in [-0.39, 0.29) is 54.7 Å². The summed E-state index contributed by atoms with van der Waals surface area (Å²) in [6.07, 6.45) is -14.5. The minimum atomic E-state index is -6.36. The first-order valence-electron chi connectivity index (χ1n) is 13.8. The van der Waals surface area contributed by atoms with Crippen LogP contribution in [0.5, 0.6) is 0 Å². The van der Waals surface area contributed by atoms with Crippen LogP contribution in [-0.2, 0) is 36.3 Å². The number of carboxylic acid groups (broad SMARTS) is 1. The zero-order valence-corrected chi connectivity index (χ0v) is 23.7. The SMILES string of the molecule is O=C([C@H]1CC[C@](F)(C(=O)O)CC1)N1CC[C@]2(S(=O)(=O)c3ccccc3)c3ccc(C(F)(C(F)(F)F)C(F)(F)F)cc3CC[C@H]12. The molecule has 0 unspecified atom stereocenters. The van der Waals surface area contributed by atoms with Gasteiger partial charge in [-0.2, -0.15) is 26.3 Å². The number of nitrogens with zero attached hydrogens (tertiary/aromatic N) is 1. The van der Waals surface area contributed by atoms with E-state index in [4.69, 9.17) is 0 Å². The van der Waals surface area contributed by atoms with Crippen molar-refractivity contribution in [3.8, 4) is 0 Å². The van der Waals surface area contributed by atoms with Gasteiger partial charge in [0.05, 0.1) is 10.9 Å². The number of hydrogen-bond acceptors (Lipinski definition) is 4. The molecule has 0 bridgehead atoms. The number of alkyl halides is 8. The first-order chi connectivity index (χ1) is 20.3. The summed E-state index contributed by atoms with van der Waals surface area (Å²) >= 11 is 0. The summed E-state index contributed by atoms with van der Waals surface area (Å²) in [5.74, 6) is -3.00. The lowest BCUT2D eigenvalue weighted by Gasteiger charge is -2.44. The van der Waals surface area contributed by atoms with Crippen LogP contribution < -0.4 is 0 Å². The molecule has 2 aromatic carbocycles. The summed E-state index contributed by atoms with van der Waals surface area (Å²) in [6.45, 7) is -0.148. The quantitative estimate of drug-likeness (QED) is 0.390. The zero-order chi connectivity index (χ0) is 32.5. The molecule has 0 spiro atoms. The fraction of sp³-hybridized carbons (Fsp3) is 0.517. The summed E-state index contributed by atoms with van der Waals surface area (Å²) < 4.78 is 138. The number of likely N-dealkylation sites (tertiary alicyclic amines) is 1. The predicted molar refractivity (Wildman–Crippen MR) is 139 cm³/mol. The van der Waals surface area contributed by atoms with Crippen molar-refractivity contribution >= 4 is 21.7 Å². The highest BCUT2D eigenvalue weighted by Gasteiger charge is 2.74. The second-order valence-electron chi connectivity index (χ2n) is 11.6. The lowest BCUT2D eigenvalue weighted by Crippen LogP contribution is -2.54. The van der Waals surface area contributed by atoms with Crippen molar-refractivity contribution in [3.05, 3.63) is 65.2 Å². The topological polar surface area (TPSA) is 91.8 Å². The van der Waals surface area contributed by atoms with E-state index >= 15 is 0 Å². The zero-order valence-electron chi connectivity index (χ0n) is 22.9. The van der Waals surface area contributed by atoms with Crippen molar-refractivity contribution in [1.82, 2.24) is 4.90 Å². The van der Waals surface area contributed by atoms with E-state index in [1.807, 2.05) is 0 Å². The molecule has 2 fully saturated rings. The van der Waals surface area contributed by atoms with E-state index in [0.29, 0.717) is 12.1 Å². The Morgan fingerprint density at radius 1 is 0.864 bits per heavy atom. The molecule has 2 atom stereocenters. The number of rotatable bonds is 5. The molecule has 1 saturated heterocycles. The van der Waals surface area contributed by atoms with Crippen molar-refractivity contribution in [2.45, 2.75) is 84.3 Å². The van der Waals surface area contributed by atoms with E-state index in [2.05, 4.69) is 0 Å². The van der Waals surface area contributed by atoms with Gasteiger partial charge in [-0.1, -0.05) is 36.4 Å². The van der Waals surface area contributed by atoms with Gasteiger partial charge in [-0.15, -0.1) is 0 Å². The minimum absolute atomic E-state index is 0.114. The predicted octanol–water partition coefficient (Wildman–Crippen LogP) is 6.18. The maximum absolute atomic E-state index is 15.0. The number of halogens is 8. The molecule has 6 nitrogen and oxygen atoms in total. The smallest absolute Gasteiger partial charge is 0.435 e. The lowest BCUT2D eigenvalue weighted by molar-refractivity contribution is -0.348. The first-order valence-corrected chi connectivity index (χ1v) is 15.3. The van der Waals surface area contributed by atoms with E-state index in [1.165, 1.54) is 29.2 Å². The third kappa shape index (κ3) is 4.59. The summed E-state index contributed by atoms with van der Waals surface area (Å²) in [4.78, 5) is 26.1. The molecule has 44 heavy (non-hydrogen) atoms. The van der Waals surface area contributed by atoms with Crippen molar-refractivity contribution in [2.75, 3.05) is 6.54 Å². The van der Waals surface area contributed by atoms with Crippen LogP contribution in [0.3, 0.4) is 0 Å². The summed E-state index contributed by atoms with van der Waals surface area (Å²) in [5.41, 5.74) is -10.3. The standard InChI is InChI=1S/C29H27F8NO5S/c30-25(24(40)41)12-10-17(11-13-25)23(39)38-15-14-26(44(42,43)20-4-2-1-3-5-20)21-8-7-19(16-18(21)6-9-22(26)38)27(31,28(32,33)34)29(35,36)37/h1-5,7-8,16-17,22H,6,9-15H2,(H,40,41)/t17-,22-,25+,26-/m0/s1. The van der Waals surface area contributed by atoms with Crippen LogP contribution in [0.15, 0.2) is 53.4 Å². The Balaban J connectivity index is 1.61.